The van der Waals surface area contributed by atoms with Crippen LogP contribution in [0.2, 0.25) is 0 Å². The first-order valence-corrected chi connectivity index (χ1v) is 11.0. The van der Waals surface area contributed by atoms with E-state index in [-0.39, 0.29) is 11.5 Å². The third-order valence-electron chi connectivity index (χ3n) is 5.80. The first-order chi connectivity index (χ1) is 15.6. The number of amides is 1. The molecular weight excluding hydrogens is 402 g/mol. The molecule has 0 spiro atoms. The molecule has 0 unspecified atom stereocenters. The number of nitrogens with one attached hydrogen (secondary N) is 1. The molecule has 164 valence electrons. The van der Waals surface area contributed by atoms with Gasteiger partial charge in [-0.1, -0.05) is 36.4 Å². The number of hydrogen-bond acceptors (Lipinski definition) is 4. The maximum absolute atomic E-state index is 12.8. The summed E-state index contributed by atoms with van der Waals surface area (Å²) in [6.07, 6.45) is 6.69. The van der Waals surface area contributed by atoms with E-state index < -0.39 is 5.97 Å². The third-order valence-corrected chi connectivity index (χ3v) is 5.80. The molecule has 1 aliphatic heterocycles. The van der Waals surface area contributed by atoms with Gasteiger partial charge in [-0.2, -0.15) is 0 Å². The number of pyridine rings is 1. The third kappa shape index (κ3) is 5.32. The highest BCUT2D eigenvalue weighted by Crippen LogP contribution is 2.22. The Morgan fingerprint density at radius 1 is 0.906 bits per heavy atom. The number of carboxylic acids is 1. The van der Waals surface area contributed by atoms with Crippen LogP contribution in [0.1, 0.15) is 51.1 Å². The molecule has 1 saturated heterocycles. The van der Waals surface area contributed by atoms with Gasteiger partial charge >= 0.3 is 5.97 Å². The Bertz CT molecular complexity index is 1080. The van der Waals surface area contributed by atoms with Gasteiger partial charge in [-0.15, -0.1) is 0 Å². The van der Waals surface area contributed by atoms with Gasteiger partial charge in [0.15, 0.2) is 0 Å². The molecule has 0 bridgehead atoms. The lowest BCUT2D eigenvalue weighted by atomic mass is 10.0. The Kier molecular flexibility index (Phi) is 6.80. The van der Waals surface area contributed by atoms with Crippen LogP contribution >= 0.6 is 0 Å². The fraction of sp³-hybridized carbons (Fsp3) is 0.269. The van der Waals surface area contributed by atoms with E-state index in [1.165, 1.54) is 12.0 Å². The van der Waals surface area contributed by atoms with E-state index in [4.69, 9.17) is 0 Å². The zero-order valence-corrected chi connectivity index (χ0v) is 18.0. The first kappa shape index (κ1) is 21.6. The quantitative estimate of drug-likeness (QED) is 0.563. The zero-order chi connectivity index (χ0) is 22.3. The molecule has 6 nitrogen and oxygen atoms in total. The minimum atomic E-state index is -1.08. The molecule has 3 aromatic rings. The van der Waals surface area contributed by atoms with Gasteiger partial charge in [0.25, 0.3) is 5.91 Å². The summed E-state index contributed by atoms with van der Waals surface area (Å²) in [5.41, 5.74) is 2.94. The smallest absolute Gasteiger partial charge is 0.337 e. The van der Waals surface area contributed by atoms with E-state index in [1.54, 1.807) is 30.5 Å². The number of piperidine rings is 1. The molecule has 32 heavy (non-hydrogen) atoms. The second-order valence-corrected chi connectivity index (χ2v) is 8.08. The van der Waals surface area contributed by atoms with Crippen molar-refractivity contribution in [3.8, 4) is 0 Å². The summed E-state index contributed by atoms with van der Waals surface area (Å²) in [5.74, 6) is -0.575. The number of rotatable bonds is 7. The van der Waals surface area contributed by atoms with E-state index >= 15 is 0 Å². The average Bonchev–Trinajstić information content (AvgIpc) is 2.84. The van der Waals surface area contributed by atoms with Crippen molar-refractivity contribution in [3.63, 3.8) is 0 Å². The van der Waals surface area contributed by atoms with Crippen molar-refractivity contribution < 1.29 is 14.7 Å². The number of anilines is 2. The minimum Gasteiger partial charge on any atom is -0.478 e. The van der Waals surface area contributed by atoms with Crippen LogP contribution in [0.25, 0.3) is 0 Å². The Labute approximate surface area is 187 Å². The number of hydrogen-bond donors (Lipinski definition) is 2. The lowest BCUT2D eigenvalue weighted by Crippen LogP contribution is -2.30. The van der Waals surface area contributed by atoms with Gasteiger partial charge in [-0.25, -0.2) is 9.78 Å². The second-order valence-electron chi connectivity index (χ2n) is 8.08. The largest absolute Gasteiger partial charge is 0.478 e. The SMILES string of the molecule is O=C(Nc1cc(CCc2ccccc2)ccc1C(=O)O)c1ccc(N2CCCCC2)nc1. The Morgan fingerprint density at radius 3 is 2.34 bits per heavy atom. The van der Waals surface area contributed by atoms with Crippen molar-refractivity contribution in [2.24, 2.45) is 0 Å². The summed E-state index contributed by atoms with van der Waals surface area (Å²) in [6.45, 7) is 1.96. The number of benzene rings is 2. The summed E-state index contributed by atoms with van der Waals surface area (Å²) in [6, 6.07) is 18.8. The summed E-state index contributed by atoms with van der Waals surface area (Å²) < 4.78 is 0. The molecule has 1 aliphatic rings. The van der Waals surface area contributed by atoms with Crippen molar-refractivity contribution >= 4 is 23.4 Å². The molecule has 1 amide bonds. The van der Waals surface area contributed by atoms with E-state index in [9.17, 15) is 14.7 Å². The van der Waals surface area contributed by atoms with Gasteiger partial charge in [-0.3, -0.25) is 4.79 Å². The molecule has 6 heteroatoms. The van der Waals surface area contributed by atoms with Crippen LogP contribution in [0.4, 0.5) is 11.5 Å². The van der Waals surface area contributed by atoms with Crippen LogP contribution in [0.15, 0.2) is 66.9 Å². The first-order valence-electron chi connectivity index (χ1n) is 11.0. The summed E-state index contributed by atoms with van der Waals surface area (Å²) in [4.78, 5) is 31.2. The Hall–Kier alpha value is -3.67. The number of carbonyl (C=O) groups excluding carboxylic acids is 1. The topological polar surface area (TPSA) is 82.5 Å². The van der Waals surface area contributed by atoms with Crippen molar-refractivity contribution in [3.05, 3.63) is 89.1 Å². The maximum atomic E-state index is 12.8. The number of aryl methyl sites for hydroxylation is 2. The predicted octanol–water partition coefficient (Wildman–Crippen LogP) is 4.81. The summed E-state index contributed by atoms with van der Waals surface area (Å²) in [5, 5.41) is 12.3. The van der Waals surface area contributed by atoms with Crippen molar-refractivity contribution in [2.45, 2.75) is 32.1 Å². The standard InChI is InChI=1S/C26H27N3O3/c30-25(21-12-14-24(27-18-21)29-15-5-2-6-16-29)28-23-17-20(11-13-22(23)26(31)32)10-9-19-7-3-1-4-8-19/h1,3-4,7-8,11-14,17-18H,2,5-6,9-10,15-16H2,(H,28,30)(H,31,32). The van der Waals surface area contributed by atoms with Gasteiger partial charge in [0.05, 0.1) is 16.8 Å². The van der Waals surface area contributed by atoms with Crippen LogP contribution in [-0.2, 0) is 12.8 Å². The van der Waals surface area contributed by atoms with Crippen molar-refractivity contribution in [1.29, 1.82) is 0 Å². The van der Waals surface area contributed by atoms with E-state index in [2.05, 4.69) is 27.3 Å². The zero-order valence-electron chi connectivity index (χ0n) is 18.0. The molecule has 1 aromatic heterocycles. The number of carboxylic acid groups (broad SMARTS) is 1. The van der Waals surface area contributed by atoms with E-state index in [0.29, 0.717) is 11.3 Å². The van der Waals surface area contributed by atoms with Gasteiger partial charge < -0.3 is 15.3 Å². The lowest BCUT2D eigenvalue weighted by molar-refractivity contribution is 0.0698. The van der Waals surface area contributed by atoms with Crippen LogP contribution in [0.5, 0.6) is 0 Å². The highest BCUT2D eigenvalue weighted by molar-refractivity contribution is 6.07. The molecule has 0 radical (unpaired) electrons. The summed E-state index contributed by atoms with van der Waals surface area (Å²) in [7, 11) is 0. The number of aromatic carboxylic acids is 1. The Morgan fingerprint density at radius 2 is 1.66 bits per heavy atom. The minimum absolute atomic E-state index is 0.0692. The second kappa shape index (κ2) is 10.1. The highest BCUT2D eigenvalue weighted by atomic mass is 16.4. The van der Waals surface area contributed by atoms with Gasteiger partial charge in [0.2, 0.25) is 0 Å². The van der Waals surface area contributed by atoms with Crippen molar-refractivity contribution in [1.82, 2.24) is 4.98 Å². The number of carbonyl (C=O) groups is 2. The maximum Gasteiger partial charge on any atom is 0.337 e. The average molecular weight is 430 g/mol. The van der Waals surface area contributed by atoms with Gasteiger partial charge in [0.1, 0.15) is 5.82 Å². The normalized spacial score (nSPS) is 13.6. The highest BCUT2D eigenvalue weighted by Gasteiger charge is 2.16. The van der Waals surface area contributed by atoms with Gasteiger partial charge in [0, 0.05) is 19.3 Å². The molecule has 2 heterocycles. The van der Waals surface area contributed by atoms with E-state index in [0.717, 1.165) is 50.2 Å². The van der Waals surface area contributed by atoms with Crippen LogP contribution in [-0.4, -0.2) is 35.1 Å². The predicted molar refractivity (Wildman–Crippen MR) is 126 cm³/mol. The van der Waals surface area contributed by atoms with E-state index in [1.807, 2.05) is 24.3 Å². The van der Waals surface area contributed by atoms with Crippen LogP contribution < -0.4 is 10.2 Å². The lowest BCUT2D eigenvalue weighted by Gasteiger charge is -2.27. The molecule has 2 aromatic carbocycles. The molecule has 1 fully saturated rings. The Balaban J connectivity index is 1.47. The molecule has 4 rings (SSSR count). The number of aromatic nitrogens is 1. The van der Waals surface area contributed by atoms with Crippen LogP contribution in [0.3, 0.4) is 0 Å². The molecule has 0 saturated carbocycles. The molecular formula is C26H27N3O3. The molecule has 0 atom stereocenters. The molecule has 2 N–H and O–H groups in total. The van der Waals surface area contributed by atoms with Gasteiger partial charge in [-0.05, 0) is 67.5 Å². The monoisotopic (exact) mass is 429 g/mol. The number of nitrogens with zero attached hydrogens (tertiary/aromatic N) is 2. The summed E-state index contributed by atoms with van der Waals surface area (Å²) >= 11 is 0. The fourth-order valence-electron chi connectivity index (χ4n) is 4.00. The molecule has 0 aliphatic carbocycles. The fourth-order valence-corrected chi connectivity index (χ4v) is 4.00. The van der Waals surface area contributed by atoms with Crippen LogP contribution in [0, 0.1) is 0 Å². The van der Waals surface area contributed by atoms with Crippen molar-refractivity contribution in [2.75, 3.05) is 23.3 Å².